The topological polar surface area (TPSA) is 105 Å². The van der Waals surface area contributed by atoms with Crippen LogP contribution >= 0.6 is 0 Å². The molecule has 9 heteroatoms. The summed E-state index contributed by atoms with van der Waals surface area (Å²) in [7, 11) is -3.85. The van der Waals surface area contributed by atoms with Gasteiger partial charge in [-0.15, -0.1) is 0 Å². The van der Waals surface area contributed by atoms with Crippen molar-refractivity contribution in [1.29, 1.82) is 0 Å². The number of sulfonamides is 1. The third-order valence-electron chi connectivity index (χ3n) is 6.24. The molecule has 0 unspecified atom stereocenters. The van der Waals surface area contributed by atoms with Crippen molar-refractivity contribution in [2.45, 2.75) is 51.0 Å². The highest BCUT2D eigenvalue weighted by molar-refractivity contribution is 7.89. The highest BCUT2D eigenvalue weighted by atomic mass is 32.2. The fraction of sp³-hybridized carbons (Fsp3) is 0.417. The Balaban J connectivity index is 1.55. The number of piperidine rings is 1. The number of amides is 2. The van der Waals surface area contributed by atoms with Crippen molar-refractivity contribution in [3.63, 3.8) is 0 Å². The van der Waals surface area contributed by atoms with Crippen LogP contribution in [0.2, 0.25) is 0 Å². The number of nitrogens with zero attached hydrogens (tertiary/aromatic N) is 1. The largest absolute Gasteiger partial charge is 0.478 e. The second-order valence-corrected chi connectivity index (χ2v) is 10.5. The standard InChI is InChI=1S/C24H29N3O5S/c1-4-20-24(29)26-19-12-16(3)22(13-21(19)32-20)33(30,31)27-11-7-9-17(14-27)23(28)25-18-10-6-5-8-15(18)2/h5-6,8,10,12-13,17,20H,4,7,9,11,14H2,1-3H3,(H,25,28)(H,26,29)/t17-,20-/m0/s1. The predicted molar refractivity (Wildman–Crippen MR) is 126 cm³/mol. The van der Waals surface area contributed by atoms with E-state index in [2.05, 4.69) is 10.6 Å². The first-order chi connectivity index (χ1) is 15.7. The van der Waals surface area contributed by atoms with Gasteiger partial charge in [-0.3, -0.25) is 9.59 Å². The van der Waals surface area contributed by atoms with E-state index in [9.17, 15) is 18.0 Å². The van der Waals surface area contributed by atoms with E-state index in [-0.39, 0.29) is 23.3 Å². The van der Waals surface area contributed by atoms with Gasteiger partial charge in [-0.25, -0.2) is 8.42 Å². The molecule has 4 rings (SSSR count). The average molecular weight is 472 g/mol. The minimum Gasteiger partial charge on any atom is -0.478 e. The number of aryl methyl sites for hydroxylation is 2. The highest BCUT2D eigenvalue weighted by Gasteiger charge is 2.36. The van der Waals surface area contributed by atoms with Crippen molar-refractivity contribution < 1.29 is 22.7 Å². The van der Waals surface area contributed by atoms with E-state index >= 15 is 0 Å². The summed E-state index contributed by atoms with van der Waals surface area (Å²) in [5.41, 5.74) is 2.67. The van der Waals surface area contributed by atoms with Gasteiger partial charge in [-0.05, 0) is 56.4 Å². The second kappa shape index (κ2) is 9.15. The zero-order valence-corrected chi connectivity index (χ0v) is 19.9. The molecule has 2 amide bonds. The molecule has 2 heterocycles. The van der Waals surface area contributed by atoms with Crippen LogP contribution in [-0.2, 0) is 19.6 Å². The molecular weight excluding hydrogens is 442 g/mol. The monoisotopic (exact) mass is 471 g/mol. The predicted octanol–water partition coefficient (Wildman–Crippen LogP) is 3.45. The second-order valence-electron chi connectivity index (χ2n) is 8.62. The van der Waals surface area contributed by atoms with E-state index < -0.39 is 22.0 Å². The van der Waals surface area contributed by atoms with Crippen molar-refractivity contribution in [2.75, 3.05) is 23.7 Å². The van der Waals surface area contributed by atoms with Crippen LogP contribution in [-0.4, -0.2) is 43.7 Å². The summed E-state index contributed by atoms with van der Waals surface area (Å²) in [6.07, 6.45) is 1.05. The molecule has 8 nitrogen and oxygen atoms in total. The van der Waals surface area contributed by atoms with Gasteiger partial charge in [0.1, 0.15) is 5.75 Å². The molecular formula is C24H29N3O5S. The molecule has 2 N–H and O–H groups in total. The Morgan fingerprint density at radius 2 is 1.97 bits per heavy atom. The fourth-order valence-corrected chi connectivity index (χ4v) is 6.04. The number of para-hydroxylation sites is 1. The third-order valence-corrected chi connectivity index (χ3v) is 8.25. The van der Waals surface area contributed by atoms with Gasteiger partial charge in [0.2, 0.25) is 15.9 Å². The first kappa shape index (κ1) is 23.3. The van der Waals surface area contributed by atoms with Crippen LogP contribution in [0.5, 0.6) is 5.75 Å². The van der Waals surface area contributed by atoms with Crippen molar-refractivity contribution in [2.24, 2.45) is 5.92 Å². The van der Waals surface area contributed by atoms with E-state index in [0.717, 1.165) is 11.3 Å². The zero-order chi connectivity index (χ0) is 23.8. The van der Waals surface area contributed by atoms with E-state index in [1.165, 1.54) is 10.4 Å². The lowest BCUT2D eigenvalue weighted by Gasteiger charge is -2.32. The van der Waals surface area contributed by atoms with Crippen molar-refractivity contribution >= 4 is 33.2 Å². The molecule has 0 bridgehead atoms. The zero-order valence-electron chi connectivity index (χ0n) is 19.1. The Bertz CT molecular complexity index is 1190. The molecule has 1 saturated heterocycles. The summed E-state index contributed by atoms with van der Waals surface area (Å²) in [4.78, 5) is 25.1. The smallest absolute Gasteiger partial charge is 0.265 e. The molecule has 2 aromatic rings. The fourth-order valence-electron chi connectivity index (χ4n) is 4.29. The summed E-state index contributed by atoms with van der Waals surface area (Å²) >= 11 is 0. The van der Waals surface area contributed by atoms with Crippen LogP contribution in [0.25, 0.3) is 0 Å². The molecule has 33 heavy (non-hydrogen) atoms. The molecule has 0 aliphatic carbocycles. The molecule has 2 atom stereocenters. The molecule has 176 valence electrons. The number of benzene rings is 2. The van der Waals surface area contributed by atoms with Crippen LogP contribution < -0.4 is 15.4 Å². The lowest BCUT2D eigenvalue weighted by Crippen LogP contribution is -2.44. The summed E-state index contributed by atoms with van der Waals surface area (Å²) in [5.74, 6) is -0.510. The van der Waals surface area contributed by atoms with E-state index in [1.807, 2.05) is 38.1 Å². The molecule has 1 fully saturated rings. The molecule has 0 spiro atoms. The number of carbonyl (C=O) groups excluding carboxylic acids is 2. The maximum atomic E-state index is 13.5. The van der Waals surface area contributed by atoms with Crippen molar-refractivity contribution in [1.82, 2.24) is 4.31 Å². The number of carbonyl (C=O) groups is 2. The van der Waals surface area contributed by atoms with Crippen LogP contribution in [0.1, 0.15) is 37.3 Å². The number of rotatable bonds is 5. The summed E-state index contributed by atoms with van der Waals surface area (Å²) in [5, 5.41) is 5.72. The summed E-state index contributed by atoms with van der Waals surface area (Å²) in [6.45, 7) is 5.90. The van der Waals surface area contributed by atoms with Gasteiger partial charge in [-0.1, -0.05) is 25.1 Å². The van der Waals surface area contributed by atoms with Gasteiger partial charge in [-0.2, -0.15) is 4.31 Å². The minimum atomic E-state index is -3.85. The molecule has 2 aliphatic heterocycles. The molecule has 0 radical (unpaired) electrons. The number of hydrogen-bond acceptors (Lipinski definition) is 5. The Labute approximate surface area is 194 Å². The van der Waals surface area contributed by atoms with Gasteiger partial charge in [0.15, 0.2) is 6.10 Å². The number of nitrogens with one attached hydrogen (secondary N) is 2. The van der Waals surface area contributed by atoms with Gasteiger partial charge in [0.05, 0.1) is 16.5 Å². The lowest BCUT2D eigenvalue weighted by atomic mass is 9.98. The van der Waals surface area contributed by atoms with Gasteiger partial charge < -0.3 is 15.4 Å². The third kappa shape index (κ3) is 4.60. The van der Waals surface area contributed by atoms with E-state index in [0.29, 0.717) is 42.8 Å². The first-order valence-electron chi connectivity index (χ1n) is 11.2. The number of ether oxygens (including phenoxy) is 1. The number of hydrogen-bond donors (Lipinski definition) is 2. The highest BCUT2D eigenvalue weighted by Crippen LogP contribution is 2.36. The molecule has 2 aliphatic rings. The van der Waals surface area contributed by atoms with Gasteiger partial charge in [0.25, 0.3) is 5.91 Å². The van der Waals surface area contributed by atoms with Crippen LogP contribution in [0.15, 0.2) is 41.3 Å². The van der Waals surface area contributed by atoms with Crippen molar-refractivity contribution in [3.8, 4) is 5.75 Å². The van der Waals surface area contributed by atoms with Crippen LogP contribution in [0, 0.1) is 19.8 Å². The summed E-state index contributed by atoms with van der Waals surface area (Å²) in [6, 6.07) is 10.6. The van der Waals surface area contributed by atoms with Crippen LogP contribution in [0.4, 0.5) is 11.4 Å². The first-order valence-corrected chi connectivity index (χ1v) is 12.6. The van der Waals surface area contributed by atoms with Crippen LogP contribution in [0.3, 0.4) is 0 Å². The molecule has 0 saturated carbocycles. The Kier molecular flexibility index (Phi) is 6.45. The summed E-state index contributed by atoms with van der Waals surface area (Å²) < 4.78 is 34.2. The Morgan fingerprint density at radius 3 is 2.70 bits per heavy atom. The maximum Gasteiger partial charge on any atom is 0.265 e. The van der Waals surface area contributed by atoms with Gasteiger partial charge in [0, 0.05) is 24.8 Å². The Morgan fingerprint density at radius 1 is 1.21 bits per heavy atom. The number of anilines is 2. The minimum absolute atomic E-state index is 0.117. The normalized spacial score (nSPS) is 21.0. The number of fused-ring (bicyclic) bond motifs is 1. The SMILES string of the molecule is CC[C@@H]1Oc2cc(S(=O)(=O)N3CCC[C@H](C(=O)Nc4ccccc4C)C3)c(C)cc2NC1=O. The maximum absolute atomic E-state index is 13.5. The molecule has 0 aromatic heterocycles. The van der Waals surface area contributed by atoms with E-state index in [1.54, 1.807) is 13.0 Å². The average Bonchev–Trinajstić information content (AvgIpc) is 2.79. The quantitative estimate of drug-likeness (QED) is 0.695. The Hall–Kier alpha value is -2.91. The van der Waals surface area contributed by atoms with Gasteiger partial charge >= 0.3 is 0 Å². The van der Waals surface area contributed by atoms with E-state index in [4.69, 9.17) is 4.74 Å². The lowest BCUT2D eigenvalue weighted by molar-refractivity contribution is -0.123. The van der Waals surface area contributed by atoms with Crippen molar-refractivity contribution in [3.05, 3.63) is 47.5 Å². The molecule has 2 aromatic carbocycles.